The molecular weight excluding hydrogens is 394 g/mol. The molecule has 1 saturated carbocycles. The maximum Gasteiger partial charge on any atom is 0.275 e. The summed E-state index contributed by atoms with van der Waals surface area (Å²) in [6.45, 7) is 0.383. The van der Waals surface area contributed by atoms with Gasteiger partial charge in [0.2, 0.25) is 5.43 Å². The first-order valence-electron chi connectivity index (χ1n) is 10.4. The lowest BCUT2D eigenvalue weighted by Crippen LogP contribution is -2.45. The number of nitrogens with zero attached hydrogens (tertiary/aromatic N) is 3. The number of likely N-dealkylation sites (N-methyl/N-ethyl adjacent to an activating group) is 1. The fourth-order valence-corrected chi connectivity index (χ4v) is 4.23. The Morgan fingerprint density at radius 3 is 2.55 bits per heavy atom. The van der Waals surface area contributed by atoms with Crippen LogP contribution in [0.4, 0.5) is 0 Å². The number of benzene rings is 2. The van der Waals surface area contributed by atoms with Gasteiger partial charge in [-0.05, 0) is 36.1 Å². The largest absolute Gasteiger partial charge is 0.502 e. The summed E-state index contributed by atoms with van der Waals surface area (Å²) in [5.41, 5.74) is 1.33. The van der Waals surface area contributed by atoms with Gasteiger partial charge in [-0.25, -0.2) is 0 Å². The molecule has 0 unspecified atom stereocenters. The van der Waals surface area contributed by atoms with Crippen molar-refractivity contribution in [2.45, 2.75) is 30.9 Å². The summed E-state index contributed by atoms with van der Waals surface area (Å²) in [6, 6.07) is 17.7. The van der Waals surface area contributed by atoms with Gasteiger partial charge in [0, 0.05) is 19.5 Å². The van der Waals surface area contributed by atoms with E-state index >= 15 is 0 Å². The number of carbonyl (C=O) groups is 1. The first kappa shape index (κ1) is 19.4. The van der Waals surface area contributed by atoms with Crippen LogP contribution in [0.5, 0.6) is 11.5 Å². The van der Waals surface area contributed by atoms with E-state index in [0.717, 1.165) is 35.9 Å². The summed E-state index contributed by atoms with van der Waals surface area (Å²) < 4.78 is 7.52. The van der Waals surface area contributed by atoms with Crippen LogP contribution in [0.3, 0.4) is 0 Å². The number of aromatic nitrogens is 2. The Morgan fingerprint density at radius 2 is 1.81 bits per heavy atom. The summed E-state index contributed by atoms with van der Waals surface area (Å²) in [5.74, 6) is -0.337. The van der Waals surface area contributed by atoms with Gasteiger partial charge in [0.15, 0.2) is 11.4 Å². The molecule has 1 aliphatic heterocycles. The number of carbonyl (C=O) groups excluding carboxylic acids is 1. The summed E-state index contributed by atoms with van der Waals surface area (Å²) in [7, 11) is 1.67. The number of aromatic hydroxyl groups is 1. The van der Waals surface area contributed by atoms with Gasteiger partial charge in [-0.1, -0.05) is 42.5 Å². The molecule has 0 bridgehead atoms. The lowest BCUT2D eigenvalue weighted by Gasteiger charge is -2.37. The molecule has 1 aliphatic carbocycles. The molecule has 5 rings (SSSR count). The highest BCUT2D eigenvalue weighted by Gasteiger charge is 2.38. The van der Waals surface area contributed by atoms with Crippen LogP contribution in [-0.4, -0.2) is 45.4 Å². The molecule has 0 saturated heterocycles. The van der Waals surface area contributed by atoms with Gasteiger partial charge >= 0.3 is 0 Å². The molecule has 31 heavy (non-hydrogen) atoms. The van der Waals surface area contributed by atoms with E-state index in [1.807, 2.05) is 54.6 Å². The van der Waals surface area contributed by atoms with Crippen LogP contribution in [0, 0.1) is 0 Å². The summed E-state index contributed by atoms with van der Waals surface area (Å²) in [6.07, 6.45) is 3.50. The number of rotatable bonds is 5. The molecule has 158 valence electrons. The Hall–Kier alpha value is -3.61. The minimum Gasteiger partial charge on any atom is -0.502 e. The Bertz CT molecular complexity index is 1190. The van der Waals surface area contributed by atoms with Gasteiger partial charge in [-0.15, -0.1) is 0 Å². The molecule has 1 fully saturated rings. The first-order valence-corrected chi connectivity index (χ1v) is 10.4. The van der Waals surface area contributed by atoms with E-state index in [0.29, 0.717) is 6.54 Å². The summed E-state index contributed by atoms with van der Waals surface area (Å²) >= 11 is 0. The molecule has 0 spiro atoms. The first-order chi connectivity index (χ1) is 15.0. The van der Waals surface area contributed by atoms with Gasteiger partial charge < -0.3 is 14.7 Å². The van der Waals surface area contributed by atoms with Crippen molar-refractivity contribution in [1.29, 1.82) is 0 Å². The number of fused-ring (bicyclic) bond motifs is 1. The normalized spacial score (nSPS) is 19.1. The third-order valence-corrected chi connectivity index (χ3v) is 5.90. The van der Waals surface area contributed by atoms with E-state index in [1.54, 1.807) is 7.05 Å². The van der Waals surface area contributed by atoms with Crippen LogP contribution >= 0.6 is 0 Å². The van der Waals surface area contributed by atoms with Crippen molar-refractivity contribution in [3.05, 3.63) is 87.8 Å². The number of ether oxygens (including phenoxy) is 1. The molecule has 0 radical (unpaired) electrons. The third kappa shape index (κ3) is 3.56. The van der Waals surface area contributed by atoms with Crippen LogP contribution in [0.15, 0.2) is 65.6 Å². The predicted molar refractivity (Wildman–Crippen MR) is 115 cm³/mol. The molecule has 2 heterocycles. The van der Waals surface area contributed by atoms with Gasteiger partial charge in [-0.2, -0.15) is 5.10 Å². The van der Waals surface area contributed by atoms with E-state index in [4.69, 9.17) is 4.74 Å². The number of hydrogen-bond donors (Lipinski definition) is 1. The second-order valence-electron chi connectivity index (χ2n) is 8.18. The van der Waals surface area contributed by atoms with E-state index in [1.165, 1.54) is 9.58 Å². The number of amides is 1. The Morgan fingerprint density at radius 1 is 1.06 bits per heavy atom. The van der Waals surface area contributed by atoms with Crippen molar-refractivity contribution < 1.29 is 14.6 Å². The van der Waals surface area contributed by atoms with E-state index in [-0.39, 0.29) is 23.8 Å². The topological polar surface area (TPSA) is 84.7 Å². The van der Waals surface area contributed by atoms with Crippen LogP contribution in [0.1, 0.15) is 46.4 Å². The molecule has 7 nitrogen and oxygen atoms in total. The zero-order valence-electron chi connectivity index (χ0n) is 17.1. The molecule has 1 amide bonds. The smallest absolute Gasteiger partial charge is 0.275 e. The van der Waals surface area contributed by atoms with E-state index < -0.39 is 17.1 Å². The van der Waals surface area contributed by atoms with Crippen LogP contribution < -0.4 is 10.2 Å². The standard InChI is InChI=1S/C24H23N3O4/c1-26-14-19(27-22(24(26)30)23(29)20(28)13-25-27)21(15-6-3-2-4-7-15)16-8-5-9-18(12-16)31-17-10-11-17/h2-9,12-13,17,19,21,29H,10-11,14H2,1H3/t19-,21+/m0/s1. The fourth-order valence-electron chi connectivity index (χ4n) is 4.23. The van der Waals surface area contributed by atoms with Crippen molar-refractivity contribution in [2.24, 2.45) is 0 Å². The predicted octanol–water partition coefficient (Wildman–Crippen LogP) is 2.95. The van der Waals surface area contributed by atoms with E-state index in [9.17, 15) is 14.7 Å². The van der Waals surface area contributed by atoms with Crippen LogP contribution in [0.2, 0.25) is 0 Å². The Labute approximate surface area is 179 Å². The maximum absolute atomic E-state index is 12.8. The highest BCUT2D eigenvalue weighted by atomic mass is 16.5. The van der Waals surface area contributed by atoms with Crippen molar-refractivity contribution in [2.75, 3.05) is 13.6 Å². The van der Waals surface area contributed by atoms with Crippen molar-refractivity contribution >= 4 is 5.91 Å². The fraction of sp³-hybridized carbons (Fsp3) is 0.292. The van der Waals surface area contributed by atoms with Crippen molar-refractivity contribution in [3.63, 3.8) is 0 Å². The second-order valence-corrected chi connectivity index (χ2v) is 8.18. The Balaban J connectivity index is 1.66. The summed E-state index contributed by atoms with van der Waals surface area (Å²) in [5, 5.41) is 14.6. The molecule has 2 aliphatic rings. The lowest BCUT2D eigenvalue weighted by atomic mass is 9.83. The average Bonchev–Trinajstić information content (AvgIpc) is 3.59. The number of hydrogen-bond acceptors (Lipinski definition) is 5. The van der Waals surface area contributed by atoms with Gasteiger partial charge in [0.25, 0.3) is 5.91 Å². The average molecular weight is 417 g/mol. The second kappa shape index (κ2) is 7.58. The molecule has 7 heteroatoms. The van der Waals surface area contributed by atoms with Crippen molar-refractivity contribution in [1.82, 2.24) is 14.7 Å². The minimum absolute atomic E-state index is 0.0717. The monoisotopic (exact) mass is 417 g/mol. The Kier molecular flexibility index (Phi) is 4.73. The van der Waals surface area contributed by atoms with E-state index in [2.05, 4.69) is 5.10 Å². The molecule has 3 aromatic rings. The molecule has 2 aromatic carbocycles. The van der Waals surface area contributed by atoms with Gasteiger partial charge in [0.05, 0.1) is 18.3 Å². The van der Waals surface area contributed by atoms with Gasteiger partial charge in [-0.3, -0.25) is 14.3 Å². The SMILES string of the molecule is CN1C[C@@H]([C@H](c2ccccc2)c2cccc(OC3CC3)c2)n2ncc(=O)c(O)c2C1=O. The molecule has 1 aromatic heterocycles. The third-order valence-electron chi connectivity index (χ3n) is 5.90. The van der Waals surface area contributed by atoms with Gasteiger partial charge in [0.1, 0.15) is 5.75 Å². The highest BCUT2D eigenvalue weighted by molar-refractivity contribution is 5.95. The lowest BCUT2D eigenvalue weighted by molar-refractivity contribution is 0.0686. The summed E-state index contributed by atoms with van der Waals surface area (Å²) in [4.78, 5) is 26.3. The van der Waals surface area contributed by atoms with Crippen molar-refractivity contribution in [3.8, 4) is 11.5 Å². The van der Waals surface area contributed by atoms with Crippen LogP contribution in [0.25, 0.3) is 0 Å². The molecular formula is C24H23N3O4. The quantitative estimate of drug-likeness (QED) is 0.690. The van der Waals surface area contributed by atoms with Crippen LogP contribution in [-0.2, 0) is 0 Å². The highest BCUT2D eigenvalue weighted by Crippen LogP contribution is 2.40. The maximum atomic E-state index is 12.8. The zero-order valence-corrected chi connectivity index (χ0v) is 17.1. The minimum atomic E-state index is -0.662. The molecule has 1 N–H and O–H groups in total. The zero-order chi connectivity index (χ0) is 21.5. The molecule has 2 atom stereocenters.